The molecule has 0 saturated carbocycles. The predicted molar refractivity (Wildman–Crippen MR) is 86.0 cm³/mol. The second kappa shape index (κ2) is 7.59. The molecule has 1 N–H and O–H groups in total. The van der Waals surface area contributed by atoms with Gasteiger partial charge in [0.05, 0.1) is 13.2 Å². The monoisotopic (exact) mass is 324 g/mol. The number of carbonyl (C=O) groups is 2. The average Bonchev–Trinajstić information content (AvgIpc) is 2.61. The number of ether oxygens (including phenoxy) is 1. The number of nitrogens with one attached hydrogen (secondary N) is 1. The standard InChI is InChI=1S/C16H28N4O3/c1-2-18-8-9-23-14(12-18)16(22)19-6-3-4-13(11-19)20-7-5-17-10-15(20)21/h13-14,17H,2-12H2,1H3. The van der Waals surface area contributed by atoms with Crippen LogP contribution < -0.4 is 5.32 Å². The minimum Gasteiger partial charge on any atom is -0.366 e. The lowest BCUT2D eigenvalue weighted by atomic mass is 10.0. The van der Waals surface area contributed by atoms with Gasteiger partial charge in [0.15, 0.2) is 0 Å². The van der Waals surface area contributed by atoms with Crippen LogP contribution in [0.2, 0.25) is 0 Å². The number of carbonyl (C=O) groups excluding carboxylic acids is 2. The molecule has 0 aromatic rings. The summed E-state index contributed by atoms with van der Waals surface area (Å²) < 4.78 is 5.70. The zero-order chi connectivity index (χ0) is 16.2. The van der Waals surface area contributed by atoms with Crippen LogP contribution in [0.4, 0.5) is 0 Å². The number of hydrogen-bond acceptors (Lipinski definition) is 5. The molecule has 0 spiro atoms. The highest BCUT2D eigenvalue weighted by molar-refractivity contribution is 5.82. The molecule has 3 aliphatic heterocycles. The molecule has 2 amide bonds. The third kappa shape index (κ3) is 3.84. The Balaban J connectivity index is 1.59. The first-order chi connectivity index (χ1) is 11.2. The van der Waals surface area contributed by atoms with E-state index in [1.54, 1.807) is 0 Å². The largest absolute Gasteiger partial charge is 0.366 e. The molecule has 7 nitrogen and oxygen atoms in total. The van der Waals surface area contributed by atoms with Crippen LogP contribution in [-0.2, 0) is 14.3 Å². The zero-order valence-electron chi connectivity index (χ0n) is 14.0. The van der Waals surface area contributed by atoms with E-state index in [0.29, 0.717) is 26.2 Å². The molecule has 3 saturated heterocycles. The van der Waals surface area contributed by atoms with Gasteiger partial charge in [0.2, 0.25) is 5.91 Å². The van der Waals surface area contributed by atoms with Crippen LogP contribution in [0.3, 0.4) is 0 Å². The van der Waals surface area contributed by atoms with Gasteiger partial charge >= 0.3 is 0 Å². The van der Waals surface area contributed by atoms with Crippen molar-refractivity contribution in [2.45, 2.75) is 31.9 Å². The Morgan fingerprint density at radius 1 is 1.30 bits per heavy atom. The Morgan fingerprint density at radius 2 is 2.17 bits per heavy atom. The van der Waals surface area contributed by atoms with Crippen LogP contribution in [0, 0.1) is 0 Å². The highest BCUT2D eigenvalue weighted by atomic mass is 16.5. The van der Waals surface area contributed by atoms with Crippen LogP contribution in [0.5, 0.6) is 0 Å². The third-order valence-electron chi connectivity index (χ3n) is 5.15. The number of nitrogens with zero attached hydrogens (tertiary/aromatic N) is 3. The number of rotatable bonds is 3. The first-order valence-electron chi connectivity index (χ1n) is 8.82. The van der Waals surface area contributed by atoms with Gasteiger partial charge in [-0.15, -0.1) is 0 Å². The fourth-order valence-corrected chi connectivity index (χ4v) is 3.76. The summed E-state index contributed by atoms with van der Waals surface area (Å²) in [7, 11) is 0. The van der Waals surface area contributed by atoms with Crippen LogP contribution in [0.25, 0.3) is 0 Å². The van der Waals surface area contributed by atoms with Gasteiger partial charge in [-0.3, -0.25) is 14.5 Å². The molecule has 3 fully saturated rings. The summed E-state index contributed by atoms with van der Waals surface area (Å²) in [4.78, 5) is 31.0. The number of likely N-dealkylation sites (tertiary alicyclic amines) is 1. The fraction of sp³-hybridized carbons (Fsp3) is 0.875. The van der Waals surface area contributed by atoms with E-state index in [9.17, 15) is 9.59 Å². The van der Waals surface area contributed by atoms with Crippen LogP contribution in [0.1, 0.15) is 19.8 Å². The number of piperidine rings is 1. The topological polar surface area (TPSA) is 65.1 Å². The minimum absolute atomic E-state index is 0.0930. The van der Waals surface area contributed by atoms with E-state index in [-0.39, 0.29) is 24.0 Å². The second-order valence-electron chi connectivity index (χ2n) is 6.60. The van der Waals surface area contributed by atoms with Gasteiger partial charge in [0.1, 0.15) is 6.10 Å². The predicted octanol–water partition coefficient (Wildman–Crippen LogP) is -0.870. The Hall–Kier alpha value is -1.18. The van der Waals surface area contributed by atoms with E-state index in [1.165, 1.54) is 0 Å². The summed E-state index contributed by atoms with van der Waals surface area (Å²) in [5.41, 5.74) is 0. The van der Waals surface area contributed by atoms with E-state index in [4.69, 9.17) is 4.74 Å². The van der Waals surface area contributed by atoms with Gasteiger partial charge in [-0.25, -0.2) is 0 Å². The molecule has 0 radical (unpaired) electrons. The number of likely N-dealkylation sites (N-methyl/N-ethyl adjacent to an activating group) is 1. The zero-order valence-corrected chi connectivity index (χ0v) is 14.0. The number of morpholine rings is 1. The summed E-state index contributed by atoms with van der Waals surface area (Å²) in [6.45, 7) is 8.70. The first-order valence-corrected chi connectivity index (χ1v) is 8.82. The summed E-state index contributed by atoms with van der Waals surface area (Å²) in [5.74, 6) is 0.247. The minimum atomic E-state index is -0.346. The Bertz CT molecular complexity index is 445. The number of hydrogen-bond donors (Lipinski definition) is 1. The molecule has 3 rings (SSSR count). The van der Waals surface area contributed by atoms with Crippen molar-refractivity contribution in [3.63, 3.8) is 0 Å². The third-order valence-corrected chi connectivity index (χ3v) is 5.15. The van der Waals surface area contributed by atoms with Crippen molar-refractivity contribution in [1.82, 2.24) is 20.0 Å². The normalized spacial score (nSPS) is 30.6. The molecule has 3 heterocycles. The molecule has 7 heteroatoms. The number of piperazine rings is 1. The smallest absolute Gasteiger partial charge is 0.253 e. The summed E-state index contributed by atoms with van der Waals surface area (Å²) >= 11 is 0. The summed E-state index contributed by atoms with van der Waals surface area (Å²) in [6, 6.07) is 0.160. The Kier molecular flexibility index (Phi) is 5.50. The van der Waals surface area contributed by atoms with Crippen molar-refractivity contribution in [3.05, 3.63) is 0 Å². The molecule has 23 heavy (non-hydrogen) atoms. The maximum absolute atomic E-state index is 12.8. The van der Waals surface area contributed by atoms with E-state index in [2.05, 4.69) is 17.1 Å². The van der Waals surface area contributed by atoms with Crippen molar-refractivity contribution < 1.29 is 14.3 Å². The SMILES string of the molecule is CCN1CCOC(C(=O)N2CCCC(N3CCNCC3=O)C2)C1. The maximum atomic E-state index is 12.8. The summed E-state index contributed by atoms with van der Waals surface area (Å²) in [6.07, 6.45) is 1.60. The van der Waals surface area contributed by atoms with Crippen LogP contribution >= 0.6 is 0 Å². The Labute approximate surface area is 137 Å². The molecule has 2 atom stereocenters. The van der Waals surface area contributed by atoms with Gasteiger partial charge < -0.3 is 19.9 Å². The van der Waals surface area contributed by atoms with Crippen LogP contribution in [-0.4, -0.2) is 97.6 Å². The van der Waals surface area contributed by atoms with Gasteiger partial charge in [-0.1, -0.05) is 6.92 Å². The van der Waals surface area contributed by atoms with E-state index < -0.39 is 0 Å². The lowest BCUT2D eigenvalue weighted by molar-refractivity contribution is -0.153. The number of amides is 2. The first kappa shape index (κ1) is 16.7. The van der Waals surface area contributed by atoms with Gasteiger partial charge in [-0.2, -0.15) is 0 Å². The molecular formula is C16H28N4O3. The molecular weight excluding hydrogens is 296 g/mol. The molecule has 0 aromatic carbocycles. The fourth-order valence-electron chi connectivity index (χ4n) is 3.76. The van der Waals surface area contributed by atoms with E-state index in [0.717, 1.165) is 45.6 Å². The van der Waals surface area contributed by atoms with Crippen molar-refractivity contribution >= 4 is 11.8 Å². The average molecular weight is 324 g/mol. The Morgan fingerprint density at radius 3 is 2.96 bits per heavy atom. The summed E-state index contributed by atoms with van der Waals surface area (Å²) in [5, 5.41) is 3.10. The molecule has 0 bridgehead atoms. The van der Waals surface area contributed by atoms with Gasteiger partial charge in [0, 0.05) is 45.3 Å². The van der Waals surface area contributed by atoms with E-state index in [1.807, 2.05) is 9.80 Å². The lowest BCUT2D eigenvalue weighted by Crippen LogP contribution is -2.59. The van der Waals surface area contributed by atoms with Crippen LogP contribution in [0.15, 0.2) is 0 Å². The molecule has 2 unspecified atom stereocenters. The molecule has 0 aromatic heterocycles. The van der Waals surface area contributed by atoms with Crippen molar-refractivity contribution in [2.24, 2.45) is 0 Å². The molecule has 3 aliphatic rings. The van der Waals surface area contributed by atoms with E-state index >= 15 is 0 Å². The van der Waals surface area contributed by atoms with Gasteiger partial charge in [-0.05, 0) is 19.4 Å². The lowest BCUT2D eigenvalue weighted by Gasteiger charge is -2.42. The van der Waals surface area contributed by atoms with Gasteiger partial charge in [0.25, 0.3) is 5.91 Å². The highest BCUT2D eigenvalue weighted by Crippen LogP contribution is 2.19. The highest BCUT2D eigenvalue weighted by Gasteiger charge is 2.35. The molecule has 130 valence electrons. The second-order valence-corrected chi connectivity index (χ2v) is 6.60. The quantitative estimate of drug-likeness (QED) is 0.731. The maximum Gasteiger partial charge on any atom is 0.253 e. The van der Waals surface area contributed by atoms with Crippen molar-refractivity contribution in [3.8, 4) is 0 Å². The molecule has 0 aliphatic carbocycles. The van der Waals surface area contributed by atoms with Crippen molar-refractivity contribution in [1.29, 1.82) is 0 Å². The van der Waals surface area contributed by atoms with Crippen molar-refractivity contribution in [2.75, 3.05) is 59.0 Å².